The van der Waals surface area contributed by atoms with Gasteiger partial charge in [-0.05, 0) is 49.6 Å². The Balaban J connectivity index is 1.74. The first-order valence-electron chi connectivity index (χ1n) is 7.34. The normalized spacial score (nSPS) is 15.6. The Morgan fingerprint density at radius 2 is 2.26 bits per heavy atom. The van der Waals surface area contributed by atoms with Crippen molar-refractivity contribution in [2.45, 2.75) is 46.1 Å². The maximum absolute atomic E-state index is 4.65. The summed E-state index contributed by atoms with van der Waals surface area (Å²) < 4.78 is 0. The van der Waals surface area contributed by atoms with Crippen LogP contribution < -0.4 is 10.6 Å². The summed E-state index contributed by atoms with van der Waals surface area (Å²) in [6, 6.07) is 2.16. The van der Waals surface area contributed by atoms with E-state index in [-0.39, 0.29) is 0 Å². The molecule has 1 aliphatic rings. The van der Waals surface area contributed by atoms with Gasteiger partial charge in [0.25, 0.3) is 0 Å². The van der Waals surface area contributed by atoms with E-state index in [2.05, 4.69) is 40.9 Å². The molecule has 1 saturated carbocycles. The molecule has 106 valence electrons. The number of hydrogen-bond acceptors (Lipinski definition) is 2. The summed E-state index contributed by atoms with van der Waals surface area (Å²) in [4.78, 5) is 6.01. The minimum absolute atomic E-state index is 0.779. The summed E-state index contributed by atoms with van der Waals surface area (Å²) in [6.07, 6.45) is 5.53. The van der Waals surface area contributed by atoms with E-state index in [1.807, 2.05) is 0 Å². The fraction of sp³-hybridized carbons (Fsp3) is 0.667. The lowest BCUT2D eigenvalue weighted by Crippen LogP contribution is -2.37. The molecule has 19 heavy (non-hydrogen) atoms. The van der Waals surface area contributed by atoms with E-state index in [1.165, 1.54) is 36.1 Å². The standard InChI is InChI=1S/C15H25N3S/c1-3-16-15(17-9-4-5-13-6-7-13)18-11-14-12(2)8-10-19-14/h8,10,13H,3-7,9,11H2,1-2H3,(H2,16,17,18). The first-order valence-corrected chi connectivity index (χ1v) is 8.22. The zero-order valence-electron chi connectivity index (χ0n) is 12.0. The van der Waals surface area contributed by atoms with Crippen molar-refractivity contribution >= 4 is 17.3 Å². The maximum atomic E-state index is 4.65. The van der Waals surface area contributed by atoms with Gasteiger partial charge in [0, 0.05) is 18.0 Å². The molecule has 1 fully saturated rings. The van der Waals surface area contributed by atoms with Gasteiger partial charge in [0.2, 0.25) is 0 Å². The molecular formula is C15H25N3S. The van der Waals surface area contributed by atoms with Crippen LogP contribution in [-0.2, 0) is 6.54 Å². The van der Waals surface area contributed by atoms with Gasteiger partial charge in [0.1, 0.15) is 0 Å². The Kier molecular flexibility index (Phi) is 5.70. The van der Waals surface area contributed by atoms with Crippen molar-refractivity contribution in [2.24, 2.45) is 10.9 Å². The van der Waals surface area contributed by atoms with Crippen LogP contribution in [0.15, 0.2) is 16.4 Å². The highest BCUT2D eigenvalue weighted by Gasteiger charge is 2.19. The van der Waals surface area contributed by atoms with Crippen LogP contribution in [0.4, 0.5) is 0 Å². The highest BCUT2D eigenvalue weighted by molar-refractivity contribution is 7.10. The molecular weight excluding hydrogens is 254 g/mol. The van der Waals surface area contributed by atoms with Crippen LogP contribution in [0.5, 0.6) is 0 Å². The number of nitrogens with one attached hydrogen (secondary N) is 2. The van der Waals surface area contributed by atoms with Gasteiger partial charge in [0.15, 0.2) is 5.96 Å². The zero-order valence-corrected chi connectivity index (χ0v) is 12.9. The monoisotopic (exact) mass is 279 g/mol. The third kappa shape index (κ3) is 5.23. The van der Waals surface area contributed by atoms with Crippen molar-refractivity contribution in [3.8, 4) is 0 Å². The average Bonchev–Trinajstić information content (AvgIpc) is 3.14. The van der Waals surface area contributed by atoms with Crippen LogP contribution >= 0.6 is 11.3 Å². The van der Waals surface area contributed by atoms with Gasteiger partial charge in [-0.3, -0.25) is 0 Å². The van der Waals surface area contributed by atoms with Gasteiger partial charge in [-0.2, -0.15) is 0 Å². The number of thiophene rings is 1. The number of aliphatic imine (C=N–C) groups is 1. The molecule has 1 aliphatic carbocycles. The molecule has 1 aromatic heterocycles. The number of nitrogens with zero attached hydrogens (tertiary/aromatic N) is 1. The molecule has 0 radical (unpaired) electrons. The molecule has 1 heterocycles. The number of rotatable bonds is 7. The van der Waals surface area contributed by atoms with Gasteiger partial charge in [-0.25, -0.2) is 4.99 Å². The Labute approximate surface area is 120 Å². The van der Waals surface area contributed by atoms with E-state index in [9.17, 15) is 0 Å². The summed E-state index contributed by atoms with van der Waals surface area (Å²) >= 11 is 1.79. The summed E-state index contributed by atoms with van der Waals surface area (Å²) in [7, 11) is 0. The van der Waals surface area contributed by atoms with Crippen molar-refractivity contribution in [3.63, 3.8) is 0 Å². The summed E-state index contributed by atoms with van der Waals surface area (Å²) in [6.45, 7) is 6.99. The molecule has 0 bridgehead atoms. The molecule has 0 aromatic carbocycles. The molecule has 2 N–H and O–H groups in total. The zero-order chi connectivity index (χ0) is 13.5. The smallest absolute Gasteiger partial charge is 0.191 e. The molecule has 2 rings (SSSR count). The summed E-state index contributed by atoms with van der Waals surface area (Å²) in [5.41, 5.74) is 1.35. The minimum atomic E-state index is 0.779. The Hall–Kier alpha value is -1.03. The molecule has 0 unspecified atom stereocenters. The van der Waals surface area contributed by atoms with Crippen molar-refractivity contribution in [1.82, 2.24) is 10.6 Å². The van der Waals surface area contributed by atoms with Crippen molar-refractivity contribution < 1.29 is 0 Å². The van der Waals surface area contributed by atoms with Gasteiger partial charge in [-0.1, -0.05) is 12.8 Å². The third-order valence-electron chi connectivity index (χ3n) is 3.47. The highest BCUT2D eigenvalue weighted by atomic mass is 32.1. The van der Waals surface area contributed by atoms with E-state index in [0.717, 1.165) is 31.5 Å². The van der Waals surface area contributed by atoms with E-state index < -0.39 is 0 Å². The molecule has 0 spiro atoms. The van der Waals surface area contributed by atoms with Crippen LogP contribution in [0.2, 0.25) is 0 Å². The fourth-order valence-electron chi connectivity index (χ4n) is 2.06. The van der Waals surface area contributed by atoms with E-state index in [4.69, 9.17) is 0 Å². The fourth-order valence-corrected chi connectivity index (χ4v) is 2.89. The lowest BCUT2D eigenvalue weighted by atomic mass is 10.2. The quantitative estimate of drug-likeness (QED) is 0.456. The van der Waals surface area contributed by atoms with Crippen LogP contribution in [0.1, 0.15) is 43.0 Å². The highest BCUT2D eigenvalue weighted by Crippen LogP contribution is 2.33. The number of guanidine groups is 1. The molecule has 0 aliphatic heterocycles. The largest absolute Gasteiger partial charge is 0.357 e. The Morgan fingerprint density at radius 3 is 2.89 bits per heavy atom. The van der Waals surface area contributed by atoms with E-state index in [1.54, 1.807) is 11.3 Å². The SMILES string of the molecule is CCNC(=NCc1sccc1C)NCCCC1CC1. The van der Waals surface area contributed by atoms with E-state index >= 15 is 0 Å². The molecule has 0 saturated heterocycles. The molecule has 1 aromatic rings. The molecule has 0 amide bonds. The molecule has 4 heteroatoms. The van der Waals surface area contributed by atoms with Crippen molar-refractivity contribution in [3.05, 3.63) is 21.9 Å². The Bertz CT molecular complexity index is 407. The topological polar surface area (TPSA) is 36.4 Å². The van der Waals surface area contributed by atoms with Crippen LogP contribution in [-0.4, -0.2) is 19.0 Å². The van der Waals surface area contributed by atoms with Crippen LogP contribution in [0, 0.1) is 12.8 Å². The predicted molar refractivity (Wildman–Crippen MR) is 83.8 cm³/mol. The average molecular weight is 279 g/mol. The number of hydrogen-bond donors (Lipinski definition) is 2. The summed E-state index contributed by atoms with van der Waals surface area (Å²) in [5.74, 6) is 1.97. The second-order valence-electron chi connectivity index (χ2n) is 5.23. The maximum Gasteiger partial charge on any atom is 0.191 e. The first-order chi connectivity index (χ1) is 9.29. The Morgan fingerprint density at radius 1 is 1.42 bits per heavy atom. The second kappa shape index (κ2) is 7.53. The lowest BCUT2D eigenvalue weighted by molar-refractivity contribution is 0.645. The minimum Gasteiger partial charge on any atom is -0.357 e. The number of aryl methyl sites for hydroxylation is 1. The molecule has 3 nitrogen and oxygen atoms in total. The van der Waals surface area contributed by atoms with Crippen molar-refractivity contribution in [2.75, 3.05) is 13.1 Å². The predicted octanol–water partition coefficient (Wildman–Crippen LogP) is 3.30. The van der Waals surface area contributed by atoms with E-state index in [0.29, 0.717) is 0 Å². The van der Waals surface area contributed by atoms with Gasteiger partial charge >= 0.3 is 0 Å². The van der Waals surface area contributed by atoms with Gasteiger partial charge in [0.05, 0.1) is 6.54 Å². The third-order valence-corrected chi connectivity index (χ3v) is 4.48. The van der Waals surface area contributed by atoms with Gasteiger partial charge in [-0.15, -0.1) is 11.3 Å². The van der Waals surface area contributed by atoms with Crippen molar-refractivity contribution in [1.29, 1.82) is 0 Å². The lowest BCUT2D eigenvalue weighted by Gasteiger charge is -2.11. The van der Waals surface area contributed by atoms with Gasteiger partial charge < -0.3 is 10.6 Å². The van der Waals surface area contributed by atoms with Crippen LogP contribution in [0.25, 0.3) is 0 Å². The molecule has 0 atom stereocenters. The summed E-state index contributed by atoms with van der Waals surface area (Å²) in [5, 5.41) is 8.88. The first kappa shape index (κ1) is 14.4. The van der Waals surface area contributed by atoms with Crippen LogP contribution in [0.3, 0.4) is 0 Å². The second-order valence-corrected chi connectivity index (χ2v) is 6.24.